The summed E-state index contributed by atoms with van der Waals surface area (Å²) in [5.74, 6) is 0. The monoisotopic (exact) mass is 254 g/mol. The van der Waals surface area contributed by atoms with Crippen molar-refractivity contribution in [3.63, 3.8) is 0 Å². The van der Waals surface area contributed by atoms with Crippen LogP contribution in [0.2, 0.25) is 5.02 Å². The molecule has 1 heterocycles. The van der Waals surface area contributed by atoms with Gasteiger partial charge in [0.1, 0.15) is 0 Å². The van der Waals surface area contributed by atoms with Crippen molar-refractivity contribution < 1.29 is 0 Å². The van der Waals surface area contributed by atoms with Crippen LogP contribution in [0, 0.1) is 0 Å². The molecule has 1 aromatic heterocycles. The lowest BCUT2D eigenvalue weighted by Gasteiger charge is -2.02. The summed E-state index contributed by atoms with van der Waals surface area (Å²) >= 11 is 11.9. The third-order valence-electron chi connectivity index (χ3n) is 2.35. The van der Waals surface area contributed by atoms with Gasteiger partial charge in [-0.25, -0.2) is 0 Å². The smallest absolute Gasteiger partial charge is 0.0660 e. The van der Waals surface area contributed by atoms with Crippen LogP contribution >= 0.6 is 23.2 Å². The molecule has 2 aromatic rings. The maximum atomic E-state index is 5.97. The Morgan fingerprint density at radius 3 is 2.88 bits per heavy atom. The van der Waals surface area contributed by atoms with Crippen molar-refractivity contribution in [1.82, 2.24) is 9.78 Å². The van der Waals surface area contributed by atoms with Gasteiger partial charge in [0, 0.05) is 16.8 Å². The van der Waals surface area contributed by atoms with Gasteiger partial charge in [-0.05, 0) is 24.6 Å². The van der Waals surface area contributed by atoms with Crippen LogP contribution in [0.1, 0.15) is 23.4 Å². The van der Waals surface area contributed by atoms with E-state index in [0.717, 1.165) is 16.1 Å². The standard InChI is InChI=1S/C12H12Cl2N2/c1-9(13)11-6-15-16(8-11)7-10-3-2-4-12(14)5-10/h2-6,8-9H,7H2,1H3. The lowest BCUT2D eigenvalue weighted by Crippen LogP contribution is -1.99. The van der Waals surface area contributed by atoms with Crippen molar-refractivity contribution in [2.45, 2.75) is 18.8 Å². The third-order valence-corrected chi connectivity index (χ3v) is 2.83. The zero-order chi connectivity index (χ0) is 11.5. The number of hydrogen-bond acceptors (Lipinski definition) is 1. The molecule has 0 spiro atoms. The largest absolute Gasteiger partial charge is 0.268 e. The highest BCUT2D eigenvalue weighted by atomic mass is 35.5. The Hall–Kier alpha value is -0.990. The van der Waals surface area contributed by atoms with Crippen LogP contribution in [-0.4, -0.2) is 9.78 Å². The van der Waals surface area contributed by atoms with E-state index in [2.05, 4.69) is 5.10 Å². The molecular formula is C12H12Cl2N2. The molecule has 84 valence electrons. The molecule has 0 fully saturated rings. The van der Waals surface area contributed by atoms with Gasteiger partial charge < -0.3 is 0 Å². The number of benzene rings is 1. The minimum Gasteiger partial charge on any atom is -0.268 e. The van der Waals surface area contributed by atoms with Crippen molar-refractivity contribution in [2.24, 2.45) is 0 Å². The summed E-state index contributed by atoms with van der Waals surface area (Å²) in [4.78, 5) is 0. The van der Waals surface area contributed by atoms with Crippen molar-refractivity contribution in [1.29, 1.82) is 0 Å². The summed E-state index contributed by atoms with van der Waals surface area (Å²) in [5, 5.41) is 4.99. The summed E-state index contributed by atoms with van der Waals surface area (Å²) < 4.78 is 1.86. The molecule has 0 saturated carbocycles. The molecule has 4 heteroatoms. The Morgan fingerprint density at radius 2 is 2.25 bits per heavy atom. The molecular weight excluding hydrogens is 243 g/mol. The van der Waals surface area contributed by atoms with Gasteiger partial charge >= 0.3 is 0 Å². The van der Waals surface area contributed by atoms with E-state index in [0.29, 0.717) is 6.54 Å². The summed E-state index contributed by atoms with van der Waals surface area (Å²) in [5.41, 5.74) is 2.16. The molecule has 1 unspecified atom stereocenters. The van der Waals surface area contributed by atoms with Crippen molar-refractivity contribution >= 4 is 23.2 Å². The first-order chi connectivity index (χ1) is 7.65. The maximum Gasteiger partial charge on any atom is 0.0660 e. The molecule has 2 rings (SSSR count). The quantitative estimate of drug-likeness (QED) is 0.761. The van der Waals surface area contributed by atoms with Gasteiger partial charge in [-0.15, -0.1) is 11.6 Å². The lowest BCUT2D eigenvalue weighted by molar-refractivity contribution is 0.686. The van der Waals surface area contributed by atoms with Gasteiger partial charge in [0.25, 0.3) is 0 Å². The van der Waals surface area contributed by atoms with Crippen molar-refractivity contribution in [3.8, 4) is 0 Å². The topological polar surface area (TPSA) is 17.8 Å². The highest BCUT2D eigenvalue weighted by Gasteiger charge is 2.04. The van der Waals surface area contributed by atoms with Crippen LogP contribution in [-0.2, 0) is 6.54 Å². The number of alkyl halides is 1. The fraction of sp³-hybridized carbons (Fsp3) is 0.250. The molecule has 0 aliphatic rings. The Morgan fingerprint density at radius 1 is 1.44 bits per heavy atom. The molecule has 0 radical (unpaired) electrons. The average molecular weight is 255 g/mol. The van der Waals surface area contributed by atoms with Crippen molar-refractivity contribution in [3.05, 3.63) is 52.8 Å². The predicted octanol–water partition coefficient (Wildman–Crippen LogP) is 3.88. The van der Waals surface area contributed by atoms with Gasteiger partial charge in [0.2, 0.25) is 0 Å². The van der Waals surface area contributed by atoms with Crippen molar-refractivity contribution in [2.75, 3.05) is 0 Å². The Balaban J connectivity index is 2.14. The van der Waals surface area contributed by atoms with E-state index in [4.69, 9.17) is 23.2 Å². The van der Waals surface area contributed by atoms with Crippen LogP contribution in [0.5, 0.6) is 0 Å². The molecule has 1 aromatic carbocycles. The van der Waals surface area contributed by atoms with Crippen LogP contribution in [0.15, 0.2) is 36.7 Å². The first-order valence-electron chi connectivity index (χ1n) is 5.06. The molecule has 0 N–H and O–H groups in total. The Labute approximate surface area is 105 Å². The predicted molar refractivity (Wildman–Crippen MR) is 67.0 cm³/mol. The number of nitrogens with zero attached hydrogens (tertiary/aromatic N) is 2. The zero-order valence-corrected chi connectivity index (χ0v) is 10.4. The number of rotatable bonds is 3. The fourth-order valence-electron chi connectivity index (χ4n) is 1.49. The van der Waals surface area contributed by atoms with E-state index in [1.165, 1.54) is 0 Å². The number of aromatic nitrogens is 2. The summed E-state index contributed by atoms with van der Waals surface area (Å²) in [6.45, 7) is 2.65. The molecule has 0 aliphatic heterocycles. The Bertz CT molecular complexity index is 477. The highest BCUT2D eigenvalue weighted by molar-refractivity contribution is 6.30. The zero-order valence-electron chi connectivity index (χ0n) is 8.90. The second-order valence-electron chi connectivity index (χ2n) is 3.72. The van der Waals surface area contributed by atoms with Gasteiger partial charge in [-0.3, -0.25) is 4.68 Å². The van der Waals surface area contributed by atoms with E-state index in [1.54, 1.807) is 6.20 Å². The van der Waals surface area contributed by atoms with Gasteiger partial charge in [-0.2, -0.15) is 5.10 Å². The highest BCUT2D eigenvalue weighted by Crippen LogP contribution is 2.18. The van der Waals surface area contributed by atoms with Gasteiger partial charge in [0.15, 0.2) is 0 Å². The third kappa shape index (κ3) is 2.77. The molecule has 16 heavy (non-hydrogen) atoms. The SMILES string of the molecule is CC(Cl)c1cnn(Cc2cccc(Cl)c2)c1. The molecule has 0 aliphatic carbocycles. The van der Waals surface area contributed by atoms with E-state index in [-0.39, 0.29) is 5.38 Å². The second-order valence-corrected chi connectivity index (χ2v) is 4.81. The number of hydrogen-bond donors (Lipinski definition) is 0. The average Bonchev–Trinajstić information content (AvgIpc) is 2.66. The molecule has 0 bridgehead atoms. The summed E-state index contributed by atoms with van der Waals surface area (Å²) in [7, 11) is 0. The first-order valence-corrected chi connectivity index (χ1v) is 5.87. The van der Waals surface area contributed by atoms with E-state index in [9.17, 15) is 0 Å². The van der Waals surface area contributed by atoms with Crippen LogP contribution < -0.4 is 0 Å². The normalized spacial score (nSPS) is 12.7. The molecule has 0 saturated heterocycles. The number of halogens is 2. The first kappa shape index (κ1) is 11.5. The van der Waals surface area contributed by atoms with Crippen LogP contribution in [0.25, 0.3) is 0 Å². The summed E-state index contributed by atoms with van der Waals surface area (Å²) in [6, 6.07) is 7.76. The fourth-order valence-corrected chi connectivity index (χ4v) is 1.82. The Kier molecular flexibility index (Phi) is 3.52. The van der Waals surface area contributed by atoms with E-state index < -0.39 is 0 Å². The molecule has 0 amide bonds. The van der Waals surface area contributed by atoms with E-state index >= 15 is 0 Å². The summed E-state index contributed by atoms with van der Waals surface area (Å²) in [6.07, 6.45) is 3.75. The molecule has 1 atom stereocenters. The van der Waals surface area contributed by atoms with Crippen LogP contribution in [0.4, 0.5) is 0 Å². The minimum absolute atomic E-state index is 0.00638. The van der Waals surface area contributed by atoms with E-state index in [1.807, 2.05) is 42.1 Å². The van der Waals surface area contributed by atoms with Gasteiger partial charge in [-0.1, -0.05) is 23.7 Å². The molecule has 2 nitrogen and oxygen atoms in total. The van der Waals surface area contributed by atoms with Crippen LogP contribution in [0.3, 0.4) is 0 Å². The minimum atomic E-state index is -0.00638. The maximum absolute atomic E-state index is 5.97. The second kappa shape index (κ2) is 4.89. The van der Waals surface area contributed by atoms with Gasteiger partial charge in [0.05, 0.1) is 18.1 Å². The lowest BCUT2D eigenvalue weighted by atomic mass is 10.2.